The van der Waals surface area contributed by atoms with E-state index >= 15 is 0 Å². The molecule has 0 amide bonds. The molecular weight excluding hydrogens is 265 g/mol. The van der Waals surface area contributed by atoms with Crippen LogP contribution >= 0.6 is 0 Å². The van der Waals surface area contributed by atoms with E-state index in [4.69, 9.17) is 0 Å². The normalized spacial score (nSPS) is 12.2. The van der Waals surface area contributed by atoms with Crippen LogP contribution in [0.25, 0.3) is 0 Å². The third kappa shape index (κ3) is 3.82. The minimum atomic E-state index is -0.590. The Kier molecular flexibility index (Phi) is 4.97. The Bertz CT molecular complexity index is 612. The third-order valence-electron chi connectivity index (χ3n) is 3.86. The summed E-state index contributed by atoms with van der Waals surface area (Å²) in [5, 5.41) is 10.4. The molecule has 1 atom stereocenters. The zero-order valence-corrected chi connectivity index (χ0v) is 12.8. The number of aliphatic hydroxyl groups is 1. The summed E-state index contributed by atoms with van der Waals surface area (Å²) in [7, 11) is 0. The second-order valence-corrected chi connectivity index (χ2v) is 5.38. The third-order valence-corrected chi connectivity index (χ3v) is 3.86. The fourth-order valence-electron chi connectivity index (χ4n) is 2.38. The van der Waals surface area contributed by atoms with E-state index < -0.39 is 6.10 Å². The zero-order valence-electron chi connectivity index (χ0n) is 12.8. The van der Waals surface area contributed by atoms with E-state index in [0.29, 0.717) is 13.1 Å². The van der Waals surface area contributed by atoms with Gasteiger partial charge < -0.3 is 10.0 Å². The summed E-state index contributed by atoms with van der Waals surface area (Å²) in [5.74, 6) is -0.258. The quantitative estimate of drug-likeness (QED) is 0.898. The zero-order chi connectivity index (χ0) is 15.4. The molecule has 2 aromatic carbocycles. The molecule has 0 saturated carbocycles. The molecule has 0 aliphatic heterocycles. The van der Waals surface area contributed by atoms with Crippen molar-refractivity contribution in [1.29, 1.82) is 0 Å². The summed E-state index contributed by atoms with van der Waals surface area (Å²) in [6, 6.07) is 12.5. The first kappa shape index (κ1) is 15.5. The Hall–Kier alpha value is -1.87. The number of nitrogens with zero attached hydrogens (tertiary/aromatic N) is 1. The molecule has 3 heteroatoms. The molecule has 2 aromatic rings. The highest BCUT2D eigenvalue weighted by atomic mass is 19.1. The molecule has 21 heavy (non-hydrogen) atoms. The number of rotatable bonds is 5. The number of hydrogen-bond acceptors (Lipinski definition) is 2. The van der Waals surface area contributed by atoms with E-state index in [2.05, 4.69) is 6.92 Å². The summed E-state index contributed by atoms with van der Waals surface area (Å²) in [6.07, 6.45) is -0.590. The molecule has 0 radical (unpaired) electrons. The van der Waals surface area contributed by atoms with Crippen LogP contribution in [-0.2, 0) is 0 Å². The standard InChI is InChI=1S/C18H22FNO/c1-4-20(17-7-5-6-16(19)11-17)12-18(21)15-9-8-13(2)14(3)10-15/h5-11,18,21H,4,12H2,1-3H3. The van der Waals surface area contributed by atoms with Crippen LogP contribution in [0.1, 0.15) is 29.7 Å². The first-order chi connectivity index (χ1) is 10.0. The maximum absolute atomic E-state index is 13.3. The van der Waals surface area contributed by atoms with Crippen LogP contribution in [0.2, 0.25) is 0 Å². The van der Waals surface area contributed by atoms with Crippen molar-refractivity contribution in [2.24, 2.45) is 0 Å². The van der Waals surface area contributed by atoms with Gasteiger partial charge in [0.2, 0.25) is 0 Å². The highest BCUT2D eigenvalue weighted by molar-refractivity contribution is 5.47. The van der Waals surface area contributed by atoms with Gasteiger partial charge in [-0.1, -0.05) is 24.3 Å². The molecule has 0 aliphatic carbocycles. The Morgan fingerprint density at radius 3 is 2.48 bits per heavy atom. The summed E-state index contributed by atoms with van der Waals surface area (Å²) in [6.45, 7) is 7.25. The summed E-state index contributed by atoms with van der Waals surface area (Å²) < 4.78 is 13.3. The molecule has 0 aromatic heterocycles. The maximum atomic E-state index is 13.3. The SMILES string of the molecule is CCN(CC(O)c1ccc(C)c(C)c1)c1cccc(F)c1. The monoisotopic (exact) mass is 287 g/mol. The maximum Gasteiger partial charge on any atom is 0.125 e. The molecule has 0 spiro atoms. The fourth-order valence-corrected chi connectivity index (χ4v) is 2.38. The first-order valence-electron chi connectivity index (χ1n) is 7.27. The molecule has 2 nitrogen and oxygen atoms in total. The van der Waals surface area contributed by atoms with Gasteiger partial charge in [-0.2, -0.15) is 0 Å². The predicted octanol–water partition coefficient (Wildman–Crippen LogP) is 4.00. The lowest BCUT2D eigenvalue weighted by Crippen LogP contribution is -2.28. The number of halogens is 1. The van der Waals surface area contributed by atoms with Crippen molar-refractivity contribution in [2.45, 2.75) is 26.9 Å². The number of aryl methyl sites for hydroxylation is 2. The van der Waals surface area contributed by atoms with Crippen LogP contribution in [0.15, 0.2) is 42.5 Å². The molecule has 1 unspecified atom stereocenters. The second kappa shape index (κ2) is 6.72. The second-order valence-electron chi connectivity index (χ2n) is 5.38. The van der Waals surface area contributed by atoms with Gasteiger partial charge in [0.1, 0.15) is 5.82 Å². The Balaban J connectivity index is 2.16. The summed E-state index contributed by atoms with van der Waals surface area (Å²) in [5.41, 5.74) is 4.07. The van der Waals surface area contributed by atoms with Gasteiger partial charge in [0.15, 0.2) is 0 Å². The minimum Gasteiger partial charge on any atom is -0.387 e. The van der Waals surface area contributed by atoms with Crippen molar-refractivity contribution in [3.63, 3.8) is 0 Å². The first-order valence-corrected chi connectivity index (χ1v) is 7.27. The van der Waals surface area contributed by atoms with Crippen molar-refractivity contribution in [3.05, 3.63) is 65.0 Å². The lowest BCUT2D eigenvalue weighted by molar-refractivity contribution is 0.183. The van der Waals surface area contributed by atoms with E-state index in [0.717, 1.165) is 11.3 Å². The van der Waals surface area contributed by atoms with Gasteiger partial charge in [-0.3, -0.25) is 0 Å². The fraction of sp³-hybridized carbons (Fsp3) is 0.333. The Morgan fingerprint density at radius 2 is 1.86 bits per heavy atom. The predicted molar refractivity (Wildman–Crippen MR) is 85.2 cm³/mol. The van der Waals surface area contributed by atoms with Crippen molar-refractivity contribution in [2.75, 3.05) is 18.0 Å². The van der Waals surface area contributed by atoms with E-state index in [-0.39, 0.29) is 5.82 Å². The average molecular weight is 287 g/mol. The van der Waals surface area contributed by atoms with Crippen LogP contribution in [0.3, 0.4) is 0 Å². The Morgan fingerprint density at radius 1 is 1.10 bits per heavy atom. The highest BCUT2D eigenvalue weighted by Crippen LogP contribution is 2.22. The van der Waals surface area contributed by atoms with Crippen molar-refractivity contribution >= 4 is 5.69 Å². The molecular formula is C18H22FNO. The molecule has 112 valence electrons. The van der Waals surface area contributed by atoms with Crippen molar-refractivity contribution in [3.8, 4) is 0 Å². The molecule has 0 fully saturated rings. The van der Waals surface area contributed by atoms with Gasteiger partial charge in [0.05, 0.1) is 6.10 Å². The van der Waals surface area contributed by atoms with Crippen LogP contribution in [0.4, 0.5) is 10.1 Å². The van der Waals surface area contributed by atoms with Crippen LogP contribution in [-0.4, -0.2) is 18.2 Å². The van der Waals surface area contributed by atoms with Crippen molar-refractivity contribution < 1.29 is 9.50 Å². The molecule has 2 rings (SSSR count). The van der Waals surface area contributed by atoms with E-state index in [1.54, 1.807) is 6.07 Å². The van der Waals surface area contributed by atoms with Gasteiger partial charge in [-0.25, -0.2) is 4.39 Å². The number of hydrogen-bond donors (Lipinski definition) is 1. The number of likely N-dealkylation sites (N-methyl/N-ethyl adjacent to an activating group) is 1. The molecule has 0 bridgehead atoms. The lowest BCUT2D eigenvalue weighted by Gasteiger charge is -2.26. The molecule has 1 N–H and O–H groups in total. The van der Waals surface area contributed by atoms with E-state index in [9.17, 15) is 9.50 Å². The molecule has 0 saturated heterocycles. The van der Waals surface area contributed by atoms with Gasteiger partial charge in [0, 0.05) is 18.8 Å². The summed E-state index contributed by atoms with van der Waals surface area (Å²) >= 11 is 0. The lowest BCUT2D eigenvalue weighted by atomic mass is 10.0. The largest absolute Gasteiger partial charge is 0.387 e. The van der Waals surface area contributed by atoms with E-state index in [1.165, 1.54) is 23.3 Å². The highest BCUT2D eigenvalue weighted by Gasteiger charge is 2.14. The van der Waals surface area contributed by atoms with Crippen LogP contribution in [0.5, 0.6) is 0 Å². The van der Waals surface area contributed by atoms with Crippen molar-refractivity contribution in [1.82, 2.24) is 0 Å². The van der Waals surface area contributed by atoms with Gasteiger partial charge in [0.25, 0.3) is 0 Å². The average Bonchev–Trinajstić information content (AvgIpc) is 2.47. The minimum absolute atomic E-state index is 0.258. The molecule has 0 heterocycles. The molecule has 0 aliphatic rings. The Labute approximate surface area is 125 Å². The number of aliphatic hydroxyl groups excluding tert-OH is 1. The summed E-state index contributed by atoms with van der Waals surface area (Å²) in [4.78, 5) is 1.98. The van der Waals surface area contributed by atoms with Crippen LogP contribution in [0, 0.1) is 19.7 Å². The van der Waals surface area contributed by atoms with Gasteiger partial charge in [-0.05, 0) is 55.7 Å². The van der Waals surface area contributed by atoms with E-state index in [1.807, 2.05) is 43.0 Å². The van der Waals surface area contributed by atoms with Gasteiger partial charge >= 0.3 is 0 Å². The number of anilines is 1. The topological polar surface area (TPSA) is 23.5 Å². The van der Waals surface area contributed by atoms with Crippen LogP contribution < -0.4 is 4.90 Å². The number of benzene rings is 2. The van der Waals surface area contributed by atoms with Gasteiger partial charge in [-0.15, -0.1) is 0 Å². The smallest absolute Gasteiger partial charge is 0.125 e.